The average molecular weight is 749 g/mol. The van der Waals surface area contributed by atoms with E-state index in [1.54, 1.807) is 55.5 Å². The molecule has 3 atom stereocenters. The summed E-state index contributed by atoms with van der Waals surface area (Å²) >= 11 is 0. The highest BCUT2D eigenvalue weighted by Gasteiger charge is 2.36. The molecule has 0 aliphatic carbocycles. The lowest BCUT2D eigenvalue weighted by Crippen LogP contribution is -2.56. The molecule has 0 saturated carbocycles. The number of ether oxygens (including phenoxy) is 1. The summed E-state index contributed by atoms with van der Waals surface area (Å²) in [6.07, 6.45) is -4.94. The van der Waals surface area contributed by atoms with Crippen molar-refractivity contribution in [3.63, 3.8) is 0 Å². The first-order valence-corrected chi connectivity index (χ1v) is 16.7. The van der Waals surface area contributed by atoms with Crippen LogP contribution in [0, 0.1) is 6.92 Å². The normalized spacial score (nSPS) is 18.9. The van der Waals surface area contributed by atoms with Crippen LogP contribution in [0.3, 0.4) is 0 Å². The number of carbonyl (C=O) groups is 4. The lowest BCUT2D eigenvalue weighted by Gasteiger charge is -2.23. The Kier molecular flexibility index (Phi) is 10.9. The Labute approximate surface area is 305 Å². The molecule has 2 aliphatic rings. The molecule has 19 heteroatoms. The maximum absolute atomic E-state index is 13.8. The van der Waals surface area contributed by atoms with Gasteiger partial charge in [-0.2, -0.15) is 23.4 Å². The third kappa shape index (κ3) is 8.63. The summed E-state index contributed by atoms with van der Waals surface area (Å²) in [4.78, 5) is 62.2. The summed E-state index contributed by atoms with van der Waals surface area (Å²) in [5.41, 5.74) is -0.587. The number of carbonyl (C=O) groups excluding carboxylic acids is 4. The molecule has 2 aliphatic heterocycles. The molecule has 282 valence electrons. The van der Waals surface area contributed by atoms with E-state index in [1.165, 1.54) is 11.6 Å². The van der Waals surface area contributed by atoms with Gasteiger partial charge in [-0.25, -0.2) is 19.2 Å². The van der Waals surface area contributed by atoms with Gasteiger partial charge in [0, 0.05) is 23.7 Å². The molecule has 2 bridgehead atoms. The standard InChI is InChI=1S/C35H35F3N10O6/c1-19-14-27(35(36,37)38)48-28(40-19)16-25(45-48)33(52)42-24-15-21-8-10-23(11-9-21)54-13-12-39-29(50)17-47-31(44-30(46-47)22-6-4-3-5-7-22)20(2)41-34(53)26(18-49)43-32(24)51/h3-11,14,16,20,24,26,49H,12-13,15,17-18H2,1-2H3,(H,39,50)(H,41,53)(H,42,52)(H,43,51)/t20-,24-,26-/m0/s1. The van der Waals surface area contributed by atoms with Crippen LogP contribution in [-0.2, 0) is 33.5 Å². The number of nitrogens with zero attached hydrogens (tertiary/aromatic N) is 6. The van der Waals surface area contributed by atoms with Gasteiger partial charge in [0.2, 0.25) is 17.7 Å². The number of amides is 4. The van der Waals surface area contributed by atoms with Gasteiger partial charge in [-0.1, -0.05) is 42.5 Å². The molecule has 4 amide bonds. The monoisotopic (exact) mass is 748 g/mol. The summed E-state index contributed by atoms with van der Waals surface area (Å²) < 4.78 is 48.9. The fourth-order valence-electron chi connectivity index (χ4n) is 5.71. The molecule has 54 heavy (non-hydrogen) atoms. The SMILES string of the molecule is Cc1cc(C(F)(F)F)n2nc(C(=O)N[C@H]3Cc4ccc(cc4)OCCNC(=O)Cn4nc(-c5ccccc5)nc4[C@H](C)NC(=O)[C@H](CO)NC3=O)cc2n1. The molecule has 5 N–H and O–H groups in total. The molecule has 3 aromatic heterocycles. The summed E-state index contributed by atoms with van der Waals surface area (Å²) in [6, 6.07) is 13.5. The number of nitrogens with one attached hydrogen (secondary N) is 4. The number of benzene rings is 2. The molecule has 7 rings (SSSR count). The van der Waals surface area contributed by atoms with Crippen LogP contribution in [0.15, 0.2) is 66.7 Å². The minimum Gasteiger partial charge on any atom is -0.492 e. The van der Waals surface area contributed by atoms with Crippen LogP contribution in [0.5, 0.6) is 5.75 Å². The first kappa shape index (κ1) is 37.4. The number of aryl methyl sites for hydroxylation is 1. The summed E-state index contributed by atoms with van der Waals surface area (Å²) in [7, 11) is 0. The van der Waals surface area contributed by atoms with Crippen molar-refractivity contribution in [2.24, 2.45) is 0 Å². The first-order valence-electron chi connectivity index (χ1n) is 16.7. The Hall–Kier alpha value is -6.37. The second-order valence-corrected chi connectivity index (χ2v) is 12.4. The van der Waals surface area contributed by atoms with Gasteiger partial charge in [0.25, 0.3) is 5.91 Å². The van der Waals surface area contributed by atoms with Gasteiger partial charge in [-0.15, -0.1) is 0 Å². The van der Waals surface area contributed by atoms with E-state index < -0.39 is 65.9 Å². The number of fused-ring (bicyclic) bond motifs is 15. The van der Waals surface area contributed by atoms with Crippen LogP contribution >= 0.6 is 0 Å². The molecule has 0 saturated heterocycles. The van der Waals surface area contributed by atoms with Crippen molar-refractivity contribution in [3.05, 3.63) is 95.2 Å². The lowest BCUT2D eigenvalue weighted by atomic mass is 10.0. The van der Waals surface area contributed by atoms with Crippen LogP contribution in [-0.4, -0.2) is 89.9 Å². The van der Waals surface area contributed by atoms with Gasteiger partial charge in [0.15, 0.2) is 17.2 Å². The topological polar surface area (TPSA) is 207 Å². The third-order valence-electron chi connectivity index (χ3n) is 8.34. The van der Waals surface area contributed by atoms with E-state index in [-0.39, 0.29) is 43.3 Å². The van der Waals surface area contributed by atoms with Crippen LogP contribution < -0.4 is 26.0 Å². The molecule has 0 fully saturated rings. The molecule has 5 aromatic rings. The van der Waals surface area contributed by atoms with E-state index in [0.717, 1.165) is 12.1 Å². The highest BCUT2D eigenvalue weighted by Crippen LogP contribution is 2.30. The van der Waals surface area contributed by atoms with Crippen molar-refractivity contribution in [1.82, 2.24) is 50.6 Å². The zero-order valence-corrected chi connectivity index (χ0v) is 28.9. The average Bonchev–Trinajstić information content (AvgIpc) is 3.76. The second-order valence-electron chi connectivity index (χ2n) is 12.4. The van der Waals surface area contributed by atoms with Crippen molar-refractivity contribution in [1.29, 1.82) is 0 Å². The minimum atomic E-state index is -4.80. The molecular formula is C35H35F3N10O6. The van der Waals surface area contributed by atoms with Gasteiger partial charge < -0.3 is 31.1 Å². The quantitative estimate of drug-likeness (QED) is 0.179. The van der Waals surface area contributed by atoms with Crippen LogP contribution in [0.1, 0.15) is 46.2 Å². The number of aliphatic hydroxyl groups is 1. The summed E-state index contributed by atoms with van der Waals surface area (Å²) in [5, 5.41) is 28.9. The Morgan fingerprint density at radius 1 is 1.00 bits per heavy atom. The maximum Gasteiger partial charge on any atom is 0.433 e. The van der Waals surface area contributed by atoms with E-state index in [0.29, 0.717) is 27.2 Å². The van der Waals surface area contributed by atoms with Gasteiger partial charge in [-0.05, 0) is 37.6 Å². The van der Waals surface area contributed by atoms with Crippen LogP contribution in [0.2, 0.25) is 0 Å². The molecule has 0 spiro atoms. The highest BCUT2D eigenvalue weighted by molar-refractivity contribution is 5.98. The Balaban J connectivity index is 1.29. The van der Waals surface area contributed by atoms with E-state index in [4.69, 9.17) is 4.74 Å². The molecular weight excluding hydrogens is 713 g/mol. The van der Waals surface area contributed by atoms with Gasteiger partial charge in [0.05, 0.1) is 19.2 Å². The minimum absolute atomic E-state index is 0.0489. The maximum atomic E-state index is 13.8. The zero-order valence-electron chi connectivity index (χ0n) is 28.9. The van der Waals surface area contributed by atoms with E-state index in [1.807, 2.05) is 6.07 Å². The van der Waals surface area contributed by atoms with Gasteiger partial charge in [0.1, 0.15) is 42.5 Å². The number of halogens is 3. The van der Waals surface area contributed by atoms with Gasteiger partial charge in [-0.3, -0.25) is 19.2 Å². The summed E-state index contributed by atoms with van der Waals surface area (Å²) in [6.45, 7) is 2.13. The van der Waals surface area contributed by atoms with E-state index in [9.17, 15) is 37.5 Å². The highest BCUT2D eigenvalue weighted by atomic mass is 19.4. The van der Waals surface area contributed by atoms with Crippen LogP contribution in [0.25, 0.3) is 17.0 Å². The fraction of sp³-hybridized carbons (Fsp3) is 0.314. The lowest BCUT2D eigenvalue weighted by molar-refractivity contribution is -0.142. The van der Waals surface area contributed by atoms with Crippen molar-refractivity contribution in [2.45, 2.75) is 51.1 Å². The predicted molar refractivity (Wildman–Crippen MR) is 184 cm³/mol. The number of aliphatic hydroxyl groups excluding tert-OH is 1. The molecule has 16 nitrogen and oxygen atoms in total. The van der Waals surface area contributed by atoms with Gasteiger partial charge >= 0.3 is 6.18 Å². The number of hydrogen-bond donors (Lipinski definition) is 5. The van der Waals surface area contributed by atoms with Crippen molar-refractivity contribution in [3.8, 4) is 17.1 Å². The van der Waals surface area contributed by atoms with Crippen molar-refractivity contribution in [2.75, 3.05) is 19.8 Å². The van der Waals surface area contributed by atoms with Crippen molar-refractivity contribution < 1.29 is 42.2 Å². The Bertz CT molecular complexity index is 2170. The van der Waals surface area contributed by atoms with E-state index in [2.05, 4.69) is 41.4 Å². The fourth-order valence-corrected chi connectivity index (χ4v) is 5.71. The van der Waals surface area contributed by atoms with E-state index >= 15 is 0 Å². The second kappa shape index (κ2) is 15.7. The Morgan fingerprint density at radius 3 is 2.44 bits per heavy atom. The van der Waals surface area contributed by atoms with Crippen LogP contribution in [0.4, 0.5) is 13.2 Å². The summed E-state index contributed by atoms with van der Waals surface area (Å²) in [5.74, 6) is -2.15. The first-order chi connectivity index (χ1) is 25.8. The zero-order chi connectivity index (χ0) is 38.6. The largest absolute Gasteiger partial charge is 0.492 e. The number of alkyl halides is 3. The molecule has 0 unspecified atom stereocenters. The number of hydrogen-bond acceptors (Lipinski definition) is 10. The number of rotatable bonds is 4. The molecule has 2 aromatic carbocycles. The molecule has 0 radical (unpaired) electrons. The predicted octanol–water partition coefficient (Wildman–Crippen LogP) is 1.52. The smallest absolute Gasteiger partial charge is 0.433 e. The number of aromatic nitrogens is 6. The molecule has 5 heterocycles. The van der Waals surface area contributed by atoms with Crippen molar-refractivity contribution >= 4 is 29.3 Å². The third-order valence-corrected chi connectivity index (χ3v) is 8.34. The Morgan fingerprint density at radius 2 is 1.74 bits per heavy atom.